The van der Waals surface area contributed by atoms with Crippen LogP contribution in [-0.4, -0.2) is 50.1 Å². The topological polar surface area (TPSA) is 76.7 Å². The number of hydrogen-bond acceptors (Lipinski definition) is 4. The summed E-state index contributed by atoms with van der Waals surface area (Å²) in [4.78, 5) is 23.0. The highest BCUT2D eigenvalue weighted by atomic mass is 19.4. The first-order chi connectivity index (χ1) is 8.94. The predicted molar refractivity (Wildman–Crippen MR) is 64.1 cm³/mol. The van der Waals surface area contributed by atoms with E-state index in [1.165, 1.54) is 7.11 Å². The molecule has 2 amide bonds. The van der Waals surface area contributed by atoms with E-state index in [1.807, 2.05) is 0 Å². The van der Waals surface area contributed by atoms with E-state index in [0.29, 0.717) is 0 Å². The molecule has 2 N–H and O–H groups in total. The van der Waals surface area contributed by atoms with E-state index in [2.05, 4.69) is 10.1 Å². The van der Waals surface area contributed by atoms with Crippen molar-refractivity contribution in [2.75, 3.05) is 20.3 Å². The van der Waals surface area contributed by atoms with Crippen molar-refractivity contribution in [1.29, 1.82) is 0 Å². The van der Waals surface area contributed by atoms with Crippen LogP contribution in [0.2, 0.25) is 0 Å². The van der Waals surface area contributed by atoms with Crippen LogP contribution in [0.25, 0.3) is 0 Å². The lowest BCUT2D eigenvalue weighted by atomic mass is 10.2. The van der Waals surface area contributed by atoms with Crippen molar-refractivity contribution in [3.63, 3.8) is 0 Å². The van der Waals surface area contributed by atoms with Crippen molar-refractivity contribution < 1.29 is 32.2 Å². The number of nitrogens with one attached hydrogen (secondary N) is 2. The van der Waals surface area contributed by atoms with Crippen LogP contribution >= 0.6 is 0 Å². The lowest BCUT2D eigenvalue weighted by molar-refractivity contribution is -0.140. The van der Waals surface area contributed by atoms with Gasteiger partial charge in [-0.3, -0.25) is 4.79 Å². The minimum absolute atomic E-state index is 0.275. The minimum atomic E-state index is -4.53. The third kappa shape index (κ3) is 9.42. The molecule has 0 fully saturated rings. The Morgan fingerprint density at radius 3 is 2.15 bits per heavy atom. The fraction of sp³-hybridized carbons (Fsp3) is 0.818. The number of carbonyl (C=O) groups excluding carboxylic acids is 2. The Morgan fingerprint density at radius 1 is 1.20 bits per heavy atom. The molecule has 0 saturated heterocycles. The zero-order valence-electron chi connectivity index (χ0n) is 11.8. The Labute approximate surface area is 115 Å². The highest BCUT2D eigenvalue weighted by Gasteiger charge is 2.30. The van der Waals surface area contributed by atoms with E-state index < -0.39 is 36.4 Å². The lowest BCUT2D eigenvalue weighted by Crippen LogP contribution is -2.51. The van der Waals surface area contributed by atoms with Crippen LogP contribution in [0, 0.1) is 0 Å². The summed E-state index contributed by atoms with van der Waals surface area (Å²) in [7, 11) is 1.25. The second-order valence-corrected chi connectivity index (χ2v) is 4.99. The van der Waals surface area contributed by atoms with Gasteiger partial charge in [0, 0.05) is 7.11 Å². The average molecular weight is 300 g/mol. The van der Waals surface area contributed by atoms with Gasteiger partial charge in [-0.15, -0.1) is 0 Å². The second kappa shape index (κ2) is 7.32. The largest absolute Gasteiger partial charge is 0.444 e. The number of rotatable bonds is 5. The van der Waals surface area contributed by atoms with Crippen molar-refractivity contribution in [3.05, 3.63) is 0 Å². The van der Waals surface area contributed by atoms with Crippen molar-refractivity contribution >= 4 is 12.0 Å². The van der Waals surface area contributed by atoms with Crippen molar-refractivity contribution in [1.82, 2.24) is 10.6 Å². The molecule has 0 aliphatic carbocycles. The molecule has 0 spiro atoms. The molecule has 6 nitrogen and oxygen atoms in total. The van der Waals surface area contributed by atoms with E-state index in [9.17, 15) is 22.8 Å². The molecule has 0 heterocycles. The Morgan fingerprint density at radius 2 is 1.75 bits per heavy atom. The number of hydrogen-bond donors (Lipinski definition) is 2. The number of carbonyl (C=O) groups is 2. The van der Waals surface area contributed by atoms with Gasteiger partial charge in [0.1, 0.15) is 18.2 Å². The van der Waals surface area contributed by atoms with Gasteiger partial charge in [-0.1, -0.05) is 0 Å². The molecule has 1 atom stereocenters. The Kier molecular flexibility index (Phi) is 6.77. The van der Waals surface area contributed by atoms with Crippen LogP contribution in [0.15, 0.2) is 0 Å². The maximum Gasteiger partial charge on any atom is 0.408 e. The molecule has 0 aromatic rings. The molecule has 0 aromatic heterocycles. The summed E-state index contributed by atoms with van der Waals surface area (Å²) >= 11 is 0. The molecule has 0 aliphatic rings. The second-order valence-electron chi connectivity index (χ2n) is 4.99. The lowest BCUT2D eigenvalue weighted by Gasteiger charge is -2.23. The summed E-state index contributed by atoms with van der Waals surface area (Å²) in [6.07, 6.45) is -5.44. The zero-order chi connectivity index (χ0) is 16.0. The van der Waals surface area contributed by atoms with Crippen molar-refractivity contribution in [2.45, 2.75) is 38.6 Å². The van der Waals surface area contributed by atoms with Gasteiger partial charge in [0.05, 0.1) is 6.61 Å². The van der Waals surface area contributed by atoms with Gasteiger partial charge in [0.15, 0.2) is 0 Å². The highest BCUT2D eigenvalue weighted by molar-refractivity contribution is 5.85. The molecule has 0 aromatic carbocycles. The monoisotopic (exact) mass is 300 g/mol. The molecule has 0 aliphatic heterocycles. The van der Waals surface area contributed by atoms with E-state index in [0.717, 1.165) is 0 Å². The van der Waals surface area contributed by atoms with Gasteiger partial charge < -0.3 is 20.1 Å². The average Bonchev–Trinajstić information content (AvgIpc) is 2.21. The molecule has 0 rings (SSSR count). The van der Waals surface area contributed by atoms with Gasteiger partial charge in [0.25, 0.3) is 0 Å². The summed E-state index contributed by atoms with van der Waals surface area (Å²) in [5.41, 5.74) is -0.788. The molecule has 20 heavy (non-hydrogen) atoms. The van der Waals surface area contributed by atoms with E-state index >= 15 is 0 Å². The SMILES string of the molecule is COC[C@@H](NC(=O)OC(C)(C)C)C(=O)NCC(F)(F)F. The maximum atomic E-state index is 12.0. The van der Waals surface area contributed by atoms with Crippen LogP contribution in [0.4, 0.5) is 18.0 Å². The smallest absolute Gasteiger partial charge is 0.408 e. The summed E-state index contributed by atoms with van der Waals surface area (Å²) in [5, 5.41) is 3.81. The normalized spacial score (nSPS) is 13.6. The van der Waals surface area contributed by atoms with E-state index in [-0.39, 0.29) is 6.61 Å². The summed E-state index contributed by atoms with van der Waals surface area (Å²) in [6.45, 7) is 3.08. The fourth-order valence-corrected chi connectivity index (χ4v) is 1.11. The molecule has 0 unspecified atom stereocenters. The first kappa shape index (κ1) is 18.5. The Balaban J connectivity index is 4.48. The first-order valence-electron chi connectivity index (χ1n) is 5.77. The molecular formula is C11H19F3N2O4. The molecule has 0 radical (unpaired) electrons. The predicted octanol–water partition coefficient (Wildman–Crippen LogP) is 1.20. The van der Waals surface area contributed by atoms with Gasteiger partial charge in [-0.2, -0.15) is 13.2 Å². The van der Waals surface area contributed by atoms with E-state index in [1.54, 1.807) is 26.1 Å². The molecule has 118 valence electrons. The van der Waals surface area contributed by atoms with Gasteiger partial charge >= 0.3 is 12.3 Å². The molecule has 9 heteroatoms. The number of ether oxygens (including phenoxy) is 2. The number of amides is 2. The van der Waals surface area contributed by atoms with Crippen molar-refractivity contribution in [3.8, 4) is 0 Å². The number of methoxy groups -OCH3 is 1. The number of alkyl carbamates (subject to hydrolysis) is 1. The van der Waals surface area contributed by atoms with Gasteiger partial charge in [-0.25, -0.2) is 4.79 Å². The third-order valence-corrected chi connectivity index (χ3v) is 1.80. The Bertz CT molecular complexity index is 340. The zero-order valence-corrected chi connectivity index (χ0v) is 11.8. The van der Waals surface area contributed by atoms with Crippen LogP contribution in [0.1, 0.15) is 20.8 Å². The Hall–Kier alpha value is -1.51. The standard InChI is InChI=1S/C11H19F3N2O4/c1-10(2,3)20-9(18)16-7(5-19-4)8(17)15-6-11(12,13)14/h7H,5-6H2,1-4H3,(H,15,17)(H,16,18)/t7-/m1/s1. The van der Waals surface area contributed by atoms with Crippen LogP contribution < -0.4 is 10.6 Å². The fourth-order valence-electron chi connectivity index (χ4n) is 1.11. The minimum Gasteiger partial charge on any atom is -0.444 e. The quantitative estimate of drug-likeness (QED) is 0.800. The van der Waals surface area contributed by atoms with E-state index in [4.69, 9.17) is 4.74 Å². The number of halogens is 3. The first-order valence-corrected chi connectivity index (χ1v) is 5.77. The summed E-state index contributed by atoms with van der Waals surface area (Å²) in [5.74, 6) is -1.00. The van der Waals surface area contributed by atoms with Gasteiger partial charge in [-0.05, 0) is 20.8 Å². The number of alkyl halides is 3. The van der Waals surface area contributed by atoms with Crippen LogP contribution in [0.5, 0.6) is 0 Å². The maximum absolute atomic E-state index is 12.0. The third-order valence-electron chi connectivity index (χ3n) is 1.80. The van der Waals surface area contributed by atoms with Crippen molar-refractivity contribution in [2.24, 2.45) is 0 Å². The van der Waals surface area contributed by atoms with Crippen LogP contribution in [-0.2, 0) is 14.3 Å². The van der Waals surface area contributed by atoms with Gasteiger partial charge in [0.2, 0.25) is 5.91 Å². The molecular weight excluding hydrogens is 281 g/mol. The molecule has 0 bridgehead atoms. The van der Waals surface area contributed by atoms with Crippen LogP contribution in [0.3, 0.4) is 0 Å². The summed E-state index contributed by atoms with van der Waals surface area (Å²) in [6, 6.07) is -1.27. The molecule has 0 saturated carbocycles. The summed E-state index contributed by atoms with van der Waals surface area (Å²) < 4.78 is 45.6. The highest BCUT2D eigenvalue weighted by Crippen LogP contribution is 2.12.